The number of carbonyl (C=O) groups is 2. The Morgan fingerprint density at radius 3 is 2.61 bits per heavy atom. The van der Waals surface area contributed by atoms with Gasteiger partial charge in [-0.2, -0.15) is 0 Å². The van der Waals surface area contributed by atoms with Gasteiger partial charge in [0.2, 0.25) is 5.91 Å². The van der Waals surface area contributed by atoms with Gasteiger partial charge in [0.05, 0.1) is 16.2 Å². The van der Waals surface area contributed by atoms with Gasteiger partial charge in [-0.05, 0) is 37.5 Å². The molecule has 160 valence electrons. The first-order valence-corrected chi connectivity index (χ1v) is 11.2. The molecule has 1 fully saturated rings. The number of aromatic nitrogens is 2. The maximum absolute atomic E-state index is 13.2. The summed E-state index contributed by atoms with van der Waals surface area (Å²) in [4.78, 5) is 43.7. The van der Waals surface area contributed by atoms with Crippen molar-refractivity contribution in [3.8, 4) is 0 Å². The van der Waals surface area contributed by atoms with E-state index in [2.05, 4.69) is 22.4 Å². The fraction of sp³-hybridized carbons (Fsp3) is 0.304. The highest BCUT2D eigenvalue weighted by atomic mass is 32.2. The number of imide groups is 1. The second-order valence-corrected chi connectivity index (χ2v) is 8.75. The zero-order valence-electron chi connectivity index (χ0n) is 17.3. The molecule has 0 radical (unpaired) electrons. The third kappa shape index (κ3) is 4.64. The van der Waals surface area contributed by atoms with Crippen LogP contribution in [-0.4, -0.2) is 44.7 Å². The SMILES string of the molecule is CC(Sc1nc2ccccc2c(=O)n1CCCc1ccccc1)C(=O)N1CCNC1=O. The number of hydrogen-bond acceptors (Lipinski definition) is 5. The lowest BCUT2D eigenvalue weighted by molar-refractivity contribution is -0.126. The van der Waals surface area contributed by atoms with Gasteiger partial charge in [-0.15, -0.1) is 0 Å². The van der Waals surface area contributed by atoms with Crippen LogP contribution in [0.4, 0.5) is 4.79 Å². The van der Waals surface area contributed by atoms with Gasteiger partial charge in [0, 0.05) is 19.6 Å². The van der Waals surface area contributed by atoms with Crippen LogP contribution < -0.4 is 10.9 Å². The highest BCUT2D eigenvalue weighted by Gasteiger charge is 2.31. The summed E-state index contributed by atoms with van der Waals surface area (Å²) in [7, 11) is 0. The minimum absolute atomic E-state index is 0.111. The van der Waals surface area contributed by atoms with Gasteiger partial charge >= 0.3 is 6.03 Å². The first-order valence-electron chi connectivity index (χ1n) is 10.3. The third-order valence-electron chi connectivity index (χ3n) is 5.27. The smallest absolute Gasteiger partial charge is 0.324 e. The predicted molar refractivity (Wildman–Crippen MR) is 121 cm³/mol. The Kier molecular flexibility index (Phi) is 6.36. The van der Waals surface area contributed by atoms with Crippen LogP contribution in [0.5, 0.6) is 0 Å². The van der Waals surface area contributed by atoms with E-state index in [0.717, 1.165) is 12.8 Å². The van der Waals surface area contributed by atoms with Crippen molar-refractivity contribution in [1.29, 1.82) is 0 Å². The second-order valence-electron chi connectivity index (χ2n) is 7.44. The number of urea groups is 1. The summed E-state index contributed by atoms with van der Waals surface area (Å²) in [6.45, 7) is 3.06. The number of nitrogens with zero attached hydrogens (tertiary/aromatic N) is 3. The van der Waals surface area contributed by atoms with Crippen molar-refractivity contribution >= 4 is 34.6 Å². The van der Waals surface area contributed by atoms with E-state index in [0.29, 0.717) is 35.7 Å². The summed E-state index contributed by atoms with van der Waals surface area (Å²) in [5.41, 5.74) is 1.70. The fourth-order valence-electron chi connectivity index (χ4n) is 3.63. The van der Waals surface area contributed by atoms with Gasteiger partial charge < -0.3 is 5.32 Å². The molecule has 0 bridgehead atoms. The topological polar surface area (TPSA) is 84.3 Å². The summed E-state index contributed by atoms with van der Waals surface area (Å²) in [6, 6.07) is 17.0. The standard InChI is InChI=1S/C23H24N4O3S/c1-16(20(28)26-15-13-24-22(26)30)31-23-25-19-12-6-5-11-18(19)21(29)27(23)14-7-10-17-8-3-2-4-9-17/h2-6,8-9,11-12,16H,7,10,13-15H2,1H3,(H,24,30). The summed E-state index contributed by atoms with van der Waals surface area (Å²) in [5.74, 6) is -0.279. The Hall–Kier alpha value is -3.13. The van der Waals surface area contributed by atoms with E-state index >= 15 is 0 Å². The Morgan fingerprint density at radius 1 is 1.13 bits per heavy atom. The number of para-hydroxylation sites is 1. The van der Waals surface area contributed by atoms with Crippen molar-refractivity contribution in [2.75, 3.05) is 13.1 Å². The molecule has 0 saturated carbocycles. The Labute approximate surface area is 184 Å². The number of amides is 3. The van der Waals surface area contributed by atoms with Gasteiger partial charge in [0.25, 0.3) is 5.56 Å². The number of rotatable bonds is 7. The molecule has 1 atom stereocenters. The Bertz CT molecular complexity index is 1160. The summed E-state index contributed by atoms with van der Waals surface area (Å²) in [6.07, 6.45) is 1.61. The fourth-order valence-corrected chi connectivity index (χ4v) is 4.63. The predicted octanol–water partition coefficient (Wildman–Crippen LogP) is 3.06. The Balaban J connectivity index is 1.59. The number of carbonyl (C=O) groups excluding carboxylic acids is 2. The molecule has 3 aromatic rings. The molecule has 1 saturated heterocycles. The number of nitrogens with one attached hydrogen (secondary N) is 1. The zero-order valence-corrected chi connectivity index (χ0v) is 18.1. The van der Waals surface area contributed by atoms with E-state index in [1.807, 2.05) is 30.3 Å². The van der Waals surface area contributed by atoms with E-state index in [1.54, 1.807) is 23.6 Å². The van der Waals surface area contributed by atoms with E-state index in [4.69, 9.17) is 0 Å². The van der Waals surface area contributed by atoms with Crippen LogP contribution in [0.25, 0.3) is 10.9 Å². The number of hydrogen-bond donors (Lipinski definition) is 1. The summed E-state index contributed by atoms with van der Waals surface area (Å²) >= 11 is 1.22. The molecule has 1 aromatic heterocycles. The number of fused-ring (bicyclic) bond motifs is 1. The van der Waals surface area contributed by atoms with Crippen LogP contribution >= 0.6 is 11.8 Å². The van der Waals surface area contributed by atoms with Crippen molar-refractivity contribution < 1.29 is 9.59 Å². The molecule has 2 heterocycles. The normalized spacial score (nSPS) is 14.6. The maximum atomic E-state index is 13.2. The summed E-state index contributed by atoms with van der Waals surface area (Å²) < 4.78 is 1.66. The van der Waals surface area contributed by atoms with Crippen molar-refractivity contribution in [2.45, 2.75) is 36.7 Å². The van der Waals surface area contributed by atoms with Crippen LogP contribution in [0.15, 0.2) is 64.5 Å². The van der Waals surface area contributed by atoms with Gasteiger partial charge in [-0.3, -0.25) is 19.1 Å². The molecule has 1 aliphatic rings. The number of benzene rings is 2. The van der Waals surface area contributed by atoms with Gasteiger partial charge in [0.15, 0.2) is 5.16 Å². The van der Waals surface area contributed by atoms with Crippen molar-refractivity contribution in [3.63, 3.8) is 0 Å². The molecule has 3 amide bonds. The molecule has 4 rings (SSSR count). The first-order chi connectivity index (χ1) is 15.0. The van der Waals surface area contributed by atoms with Gasteiger partial charge in [0.1, 0.15) is 0 Å². The molecular formula is C23H24N4O3S. The zero-order chi connectivity index (χ0) is 21.8. The van der Waals surface area contributed by atoms with Crippen molar-refractivity contribution in [3.05, 3.63) is 70.5 Å². The Morgan fingerprint density at radius 2 is 1.87 bits per heavy atom. The number of thioether (sulfide) groups is 1. The highest BCUT2D eigenvalue weighted by Crippen LogP contribution is 2.24. The van der Waals surface area contributed by atoms with Crippen LogP contribution in [0, 0.1) is 0 Å². The van der Waals surface area contributed by atoms with Crippen molar-refractivity contribution in [2.24, 2.45) is 0 Å². The molecule has 7 nitrogen and oxygen atoms in total. The molecular weight excluding hydrogens is 412 g/mol. The molecule has 31 heavy (non-hydrogen) atoms. The lowest BCUT2D eigenvalue weighted by atomic mass is 10.1. The van der Waals surface area contributed by atoms with Crippen LogP contribution in [0.1, 0.15) is 18.9 Å². The highest BCUT2D eigenvalue weighted by molar-refractivity contribution is 8.00. The monoisotopic (exact) mass is 436 g/mol. The first kappa shape index (κ1) is 21.1. The van der Waals surface area contributed by atoms with E-state index in [1.165, 1.54) is 22.2 Å². The maximum Gasteiger partial charge on any atom is 0.324 e. The second kappa shape index (κ2) is 9.34. The third-order valence-corrected chi connectivity index (χ3v) is 6.35. The lowest BCUT2D eigenvalue weighted by Crippen LogP contribution is -2.39. The minimum atomic E-state index is -0.544. The molecule has 0 spiro atoms. The van der Waals surface area contributed by atoms with Crippen LogP contribution in [-0.2, 0) is 17.8 Å². The molecule has 1 aliphatic heterocycles. The molecule has 0 aliphatic carbocycles. The largest absolute Gasteiger partial charge is 0.336 e. The molecule has 1 unspecified atom stereocenters. The molecule has 8 heteroatoms. The van der Waals surface area contributed by atoms with E-state index in [-0.39, 0.29) is 17.5 Å². The quantitative estimate of drug-likeness (QED) is 0.455. The molecule has 1 N–H and O–H groups in total. The van der Waals surface area contributed by atoms with Gasteiger partial charge in [-0.25, -0.2) is 9.78 Å². The lowest BCUT2D eigenvalue weighted by Gasteiger charge is -2.19. The minimum Gasteiger partial charge on any atom is -0.336 e. The van der Waals surface area contributed by atoms with Crippen LogP contribution in [0.2, 0.25) is 0 Å². The van der Waals surface area contributed by atoms with Crippen LogP contribution in [0.3, 0.4) is 0 Å². The average Bonchev–Trinajstić information content (AvgIpc) is 3.21. The molecule has 2 aromatic carbocycles. The van der Waals surface area contributed by atoms with Gasteiger partial charge in [-0.1, -0.05) is 54.2 Å². The summed E-state index contributed by atoms with van der Waals surface area (Å²) in [5, 5.41) is 3.16. The number of aryl methyl sites for hydroxylation is 1. The van der Waals surface area contributed by atoms with Crippen molar-refractivity contribution in [1.82, 2.24) is 19.8 Å². The average molecular weight is 437 g/mol. The van der Waals surface area contributed by atoms with E-state index in [9.17, 15) is 14.4 Å². The van der Waals surface area contributed by atoms with E-state index < -0.39 is 5.25 Å².